The van der Waals surface area contributed by atoms with Crippen molar-refractivity contribution in [1.82, 2.24) is 4.90 Å². The fourth-order valence-electron chi connectivity index (χ4n) is 2.48. The molecule has 0 spiro atoms. The van der Waals surface area contributed by atoms with Crippen molar-refractivity contribution in [3.63, 3.8) is 0 Å². The first kappa shape index (κ1) is 15.0. The number of benzene rings is 1. The summed E-state index contributed by atoms with van der Waals surface area (Å²) in [6.45, 7) is 1.54. The molecule has 1 saturated heterocycles. The molecule has 1 aliphatic rings. The van der Waals surface area contributed by atoms with E-state index in [-0.39, 0.29) is 16.2 Å². The molecule has 1 atom stereocenters. The third-order valence-electron chi connectivity index (χ3n) is 3.51. The Morgan fingerprint density at radius 2 is 2.26 bits per heavy atom. The summed E-state index contributed by atoms with van der Waals surface area (Å²) in [6, 6.07) is 4.60. The van der Waals surface area contributed by atoms with Crippen molar-refractivity contribution in [2.45, 2.75) is 19.3 Å². The van der Waals surface area contributed by atoms with Crippen molar-refractivity contribution >= 4 is 37.8 Å². The number of piperidine rings is 1. The second-order valence-corrected chi connectivity index (χ2v) is 6.42. The molecule has 0 radical (unpaired) electrons. The summed E-state index contributed by atoms with van der Waals surface area (Å²) in [5, 5.41) is 0.962. The van der Waals surface area contributed by atoms with Crippen LogP contribution in [0.1, 0.15) is 29.6 Å². The van der Waals surface area contributed by atoms with E-state index in [1.807, 2.05) is 4.90 Å². The van der Waals surface area contributed by atoms with Crippen LogP contribution in [0.25, 0.3) is 0 Å². The normalized spacial score (nSPS) is 19.5. The molecule has 1 amide bonds. The third-order valence-corrected chi connectivity index (χ3v) is 4.77. The van der Waals surface area contributed by atoms with Crippen molar-refractivity contribution in [2.75, 3.05) is 18.4 Å². The zero-order valence-corrected chi connectivity index (χ0v) is 13.7. The first-order chi connectivity index (χ1) is 9.13. The van der Waals surface area contributed by atoms with E-state index in [0.29, 0.717) is 11.5 Å². The number of amides is 1. The first-order valence-corrected chi connectivity index (χ1v) is 8.34. The van der Waals surface area contributed by atoms with Crippen molar-refractivity contribution in [3.8, 4) is 0 Å². The van der Waals surface area contributed by atoms with E-state index in [1.54, 1.807) is 12.1 Å². The Hall–Kier alpha value is -0.420. The van der Waals surface area contributed by atoms with E-state index in [4.69, 9.17) is 0 Å². The topological polar surface area (TPSA) is 20.3 Å². The standard InChI is InChI=1S/C14H16Br2FNO/c15-7-6-10-3-2-8-18(9-10)14(19)11-4-1-5-12(17)13(11)16/h1,4-5,10H,2-3,6-9H2. The van der Waals surface area contributed by atoms with Crippen LogP contribution in [-0.4, -0.2) is 29.2 Å². The predicted octanol–water partition coefficient (Wildman–Crippen LogP) is 4.23. The minimum Gasteiger partial charge on any atom is -0.338 e. The lowest BCUT2D eigenvalue weighted by Gasteiger charge is -2.32. The number of carbonyl (C=O) groups excluding carboxylic acids is 1. The molecule has 19 heavy (non-hydrogen) atoms. The zero-order valence-electron chi connectivity index (χ0n) is 10.5. The molecule has 5 heteroatoms. The molecule has 104 valence electrons. The Morgan fingerprint density at radius 3 is 3.00 bits per heavy atom. The number of halogens is 3. The van der Waals surface area contributed by atoms with Crippen LogP contribution in [0.5, 0.6) is 0 Å². The largest absolute Gasteiger partial charge is 0.338 e. The van der Waals surface area contributed by atoms with Crippen LogP contribution in [0.2, 0.25) is 0 Å². The second kappa shape index (κ2) is 6.84. The second-order valence-electron chi connectivity index (χ2n) is 4.84. The minimum absolute atomic E-state index is 0.0781. The molecule has 1 heterocycles. The molecular weight excluding hydrogens is 377 g/mol. The molecular formula is C14H16Br2FNO. The van der Waals surface area contributed by atoms with Gasteiger partial charge in [0.25, 0.3) is 5.91 Å². The highest BCUT2D eigenvalue weighted by molar-refractivity contribution is 9.10. The smallest absolute Gasteiger partial charge is 0.255 e. The van der Waals surface area contributed by atoms with Crippen LogP contribution in [-0.2, 0) is 0 Å². The maximum absolute atomic E-state index is 13.5. The van der Waals surface area contributed by atoms with Gasteiger partial charge in [0.15, 0.2) is 0 Å². The average molecular weight is 393 g/mol. The summed E-state index contributed by atoms with van der Waals surface area (Å²) < 4.78 is 13.7. The van der Waals surface area contributed by atoms with Gasteiger partial charge in [0.05, 0.1) is 10.0 Å². The van der Waals surface area contributed by atoms with Gasteiger partial charge < -0.3 is 4.90 Å². The molecule has 2 rings (SSSR count). The van der Waals surface area contributed by atoms with E-state index >= 15 is 0 Å². The highest BCUT2D eigenvalue weighted by atomic mass is 79.9. The summed E-state index contributed by atoms with van der Waals surface area (Å²) in [4.78, 5) is 14.3. The van der Waals surface area contributed by atoms with Gasteiger partial charge in [-0.15, -0.1) is 0 Å². The van der Waals surface area contributed by atoms with E-state index < -0.39 is 0 Å². The number of likely N-dealkylation sites (tertiary alicyclic amines) is 1. The van der Waals surface area contributed by atoms with Crippen LogP contribution < -0.4 is 0 Å². The lowest BCUT2D eigenvalue weighted by Crippen LogP contribution is -2.40. The minimum atomic E-state index is -0.389. The summed E-state index contributed by atoms with van der Waals surface area (Å²) in [5.41, 5.74) is 0.416. The summed E-state index contributed by atoms with van der Waals surface area (Å²) in [5.74, 6) is 0.0786. The Kier molecular flexibility index (Phi) is 5.39. The molecule has 1 aromatic rings. The van der Waals surface area contributed by atoms with Crippen molar-refractivity contribution in [3.05, 3.63) is 34.1 Å². The first-order valence-electron chi connectivity index (χ1n) is 6.42. The van der Waals surface area contributed by atoms with Gasteiger partial charge in [0.1, 0.15) is 5.82 Å². The van der Waals surface area contributed by atoms with Crippen molar-refractivity contribution < 1.29 is 9.18 Å². The van der Waals surface area contributed by atoms with E-state index in [1.165, 1.54) is 12.5 Å². The maximum Gasteiger partial charge on any atom is 0.255 e. The maximum atomic E-state index is 13.5. The van der Waals surface area contributed by atoms with Gasteiger partial charge in [-0.1, -0.05) is 22.0 Å². The van der Waals surface area contributed by atoms with Crippen molar-refractivity contribution in [2.24, 2.45) is 5.92 Å². The molecule has 1 unspecified atom stereocenters. The lowest BCUT2D eigenvalue weighted by atomic mass is 9.95. The van der Waals surface area contributed by atoms with Gasteiger partial charge >= 0.3 is 0 Å². The molecule has 1 fully saturated rings. The van der Waals surface area contributed by atoms with Crippen molar-refractivity contribution in [1.29, 1.82) is 0 Å². The molecule has 0 aliphatic carbocycles. The van der Waals surface area contributed by atoms with E-state index in [2.05, 4.69) is 31.9 Å². The van der Waals surface area contributed by atoms with Gasteiger partial charge in [-0.05, 0) is 53.2 Å². The monoisotopic (exact) mass is 391 g/mol. The number of rotatable bonds is 3. The van der Waals surface area contributed by atoms with Crippen LogP contribution in [0, 0.1) is 11.7 Å². The van der Waals surface area contributed by atoms with E-state index in [9.17, 15) is 9.18 Å². The SMILES string of the molecule is O=C(c1cccc(F)c1Br)N1CCCC(CCBr)C1. The summed E-state index contributed by atoms with van der Waals surface area (Å²) in [7, 11) is 0. The Labute approximate surface area is 129 Å². The van der Waals surface area contributed by atoms with Gasteiger partial charge in [-0.2, -0.15) is 0 Å². The molecule has 1 aromatic carbocycles. The average Bonchev–Trinajstić information content (AvgIpc) is 2.42. The highest BCUT2D eigenvalue weighted by Crippen LogP contribution is 2.25. The molecule has 0 bridgehead atoms. The third kappa shape index (κ3) is 3.57. The fraction of sp³-hybridized carbons (Fsp3) is 0.500. The number of nitrogens with zero attached hydrogens (tertiary/aromatic N) is 1. The molecule has 0 N–H and O–H groups in total. The number of alkyl halides is 1. The lowest BCUT2D eigenvalue weighted by molar-refractivity contribution is 0.0670. The van der Waals surface area contributed by atoms with E-state index in [0.717, 1.165) is 31.3 Å². The van der Waals surface area contributed by atoms with Gasteiger partial charge in [0.2, 0.25) is 0 Å². The van der Waals surface area contributed by atoms with Crippen LogP contribution in [0.3, 0.4) is 0 Å². The number of carbonyl (C=O) groups is 1. The van der Waals surface area contributed by atoms with Crippen LogP contribution >= 0.6 is 31.9 Å². The van der Waals surface area contributed by atoms with Gasteiger partial charge in [-0.25, -0.2) is 4.39 Å². The quantitative estimate of drug-likeness (QED) is 0.705. The number of hydrogen-bond donors (Lipinski definition) is 0. The predicted molar refractivity (Wildman–Crippen MR) is 81.1 cm³/mol. The zero-order chi connectivity index (χ0) is 13.8. The van der Waals surface area contributed by atoms with Crippen LogP contribution in [0.4, 0.5) is 4.39 Å². The molecule has 1 aliphatic heterocycles. The highest BCUT2D eigenvalue weighted by Gasteiger charge is 2.25. The summed E-state index contributed by atoms with van der Waals surface area (Å²) >= 11 is 6.61. The number of hydrogen-bond acceptors (Lipinski definition) is 1. The summed E-state index contributed by atoms with van der Waals surface area (Å²) in [6.07, 6.45) is 3.27. The fourth-order valence-corrected chi connectivity index (χ4v) is 3.56. The van der Waals surface area contributed by atoms with Gasteiger partial charge in [-0.3, -0.25) is 4.79 Å². The van der Waals surface area contributed by atoms with Gasteiger partial charge in [0, 0.05) is 18.4 Å². The molecule has 2 nitrogen and oxygen atoms in total. The molecule has 0 aromatic heterocycles. The van der Waals surface area contributed by atoms with Crippen LogP contribution in [0.15, 0.2) is 22.7 Å². The Bertz CT molecular complexity index is 465. The molecule has 0 saturated carbocycles. The Morgan fingerprint density at radius 1 is 1.47 bits per heavy atom. The Balaban J connectivity index is 2.12.